The summed E-state index contributed by atoms with van der Waals surface area (Å²) >= 11 is 0. The largest absolute Gasteiger partial charge is 0.370 e. The summed E-state index contributed by atoms with van der Waals surface area (Å²) in [5, 5.41) is 0. The van der Waals surface area contributed by atoms with Gasteiger partial charge in [0.15, 0.2) is 0 Å². The number of amides is 1. The van der Waals surface area contributed by atoms with Crippen LogP contribution in [0.25, 0.3) is 0 Å². The van der Waals surface area contributed by atoms with Crippen LogP contribution in [0.3, 0.4) is 0 Å². The van der Waals surface area contributed by atoms with Crippen LogP contribution in [0.15, 0.2) is 0 Å². The maximum absolute atomic E-state index is 10.7. The van der Waals surface area contributed by atoms with E-state index in [1.807, 2.05) is 0 Å². The normalized spacial score (nSPS) is 24.1. The van der Waals surface area contributed by atoms with Crippen LogP contribution in [0.2, 0.25) is 0 Å². The van der Waals surface area contributed by atoms with E-state index in [-0.39, 0.29) is 5.91 Å². The van der Waals surface area contributed by atoms with E-state index in [1.165, 1.54) is 25.7 Å². The second-order valence-electron chi connectivity index (χ2n) is 4.01. The van der Waals surface area contributed by atoms with Gasteiger partial charge in [-0.05, 0) is 43.4 Å². The molecule has 11 heavy (non-hydrogen) atoms. The summed E-state index contributed by atoms with van der Waals surface area (Å²) in [4.78, 5) is 10.7. The van der Waals surface area contributed by atoms with Crippen LogP contribution in [0, 0.1) is 17.8 Å². The summed E-state index contributed by atoms with van der Waals surface area (Å²) in [6.07, 6.45) is 6.02. The van der Waals surface area contributed by atoms with Crippen molar-refractivity contribution in [3.8, 4) is 0 Å². The van der Waals surface area contributed by atoms with Gasteiger partial charge in [0.1, 0.15) is 0 Å². The average molecular weight is 153 g/mol. The van der Waals surface area contributed by atoms with E-state index in [9.17, 15) is 4.79 Å². The van der Waals surface area contributed by atoms with Gasteiger partial charge in [-0.2, -0.15) is 0 Å². The van der Waals surface area contributed by atoms with Crippen molar-refractivity contribution < 1.29 is 4.79 Å². The van der Waals surface area contributed by atoms with E-state index < -0.39 is 0 Å². The number of carbonyl (C=O) groups excluding carboxylic acids is 1. The van der Waals surface area contributed by atoms with E-state index in [4.69, 9.17) is 5.73 Å². The van der Waals surface area contributed by atoms with E-state index >= 15 is 0 Å². The summed E-state index contributed by atoms with van der Waals surface area (Å²) in [5.74, 6) is 2.27. The molecule has 2 N–H and O–H groups in total. The first kappa shape index (κ1) is 7.14. The number of hydrogen-bond donors (Lipinski definition) is 1. The molecule has 2 saturated carbocycles. The Bertz CT molecular complexity index is 158. The first-order valence-corrected chi connectivity index (χ1v) is 4.55. The van der Waals surface area contributed by atoms with Crippen molar-refractivity contribution >= 4 is 5.91 Å². The van der Waals surface area contributed by atoms with E-state index in [1.54, 1.807) is 0 Å². The topological polar surface area (TPSA) is 43.1 Å². The number of hydrogen-bond acceptors (Lipinski definition) is 1. The first-order valence-electron chi connectivity index (χ1n) is 4.55. The summed E-state index contributed by atoms with van der Waals surface area (Å²) < 4.78 is 0. The van der Waals surface area contributed by atoms with Crippen LogP contribution in [-0.2, 0) is 4.79 Å². The van der Waals surface area contributed by atoms with Gasteiger partial charge < -0.3 is 5.73 Å². The summed E-state index contributed by atoms with van der Waals surface area (Å²) in [7, 11) is 0. The zero-order valence-electron chi connectivity index (χ0n) is 6.75. The Morgan fingerprint density at radius 2 is 1.73 bits per heavy atom. The zero-order valence-corrected chi connectivity index (χ0v) is 6.75. The van der Waals surface area contributed by atoms with Crippen molar-refractivity contribution in [3.05, 3.63) is 0 Å². The lowest BCUT2D eigenvalue weighted by Crippen LogP contribution is -2.18. The van der Waals surface area contributed by atoms with Gasteiger partial charge >= 0.3 is 0 Å². The predicted octanol–water partition coefficient (Wildman–Crippen LogP) is 1.30. The minimum absolute atomic E-state index is 0.103. The van der Waals surface area contributed by atoms with Gasteiger partial charge in [-0.1, -0.05) is 0 Å². The highest BCUT2D eigenvalue weighted by Crippen LogP contribution is 2.50. The summed E-state index contributed by atoms with van der Waals surface area (Å²) in [6.45, 7) is 0. The molecule has 0 aromatic carbocycles. The Morgan fingerprint density at radius 1 is 1.27 bits per heavy atom. The number of nitrogens with two attached hydrogens (primary N) is 1. The van der Waals surface area contributed by atoms with Crippen LogP contribution in [0.5, 0.6) is 0 Å². The van der Waals surface area contributed by atoms with E-state index in [0.29, 0.717) is 12.3 Å². The van der Waals surface area contributed by atoms with Crippen LogP contribution in [0.4, 0.5) is 0 Å². The standard InChI is InChI=1S/C9H15NO/c10-9(11)5-8(6-1-2-6)7-3-4-7/h6-8H,1-5H2,(H2,10,11). The highest BCUT2D eigenvalue weighted by molar-refractivity contribution is 5.74. The fraction of sp³-hybridized carbons (Fsp3) is 0.889. The molecule has 0 aromatic heterocycles. The van der Waals surface area contributed by atoms with Crippen molar-refractivity contribution in [2.75, 3.05) is 0 Å². The summed E-state index contributed by atoms with van der Waals surface area (Å²) in [6, 6.07) is 0. The monoisotopic (exact) mass is 153 g/mol. The smallest absolute Gasteiger partial charge is 0.217 e. The Morgan fingerprint density at radius 3 is 2.00 bits per heavy atom. The second-order valence-corrected chi connectivity index (χ2v) is 4.01. The third-order valence-corrected chi connectivity index (χ3v) is 2.89. The SMILES string of the molecule is NC(=O)CC(C1CC1)C1CC1. The molecule has 0 aliphatic heterocycles. The van der Waals surface area contributed by atoms with Crippen LogP contribution < -0.4 is 5.73 Å². The molecule has 1 amide bonds. The third kappa shape index (κ3) is 1.73. The van der Waals surface area contributed by atoms with E-state index in [2.05, 4.69) is 0 Å². The Balaban J connectivity index is 1.86. The molecule has 0 spiro atoms. The molecule has 2 fully saturated rings. The molecule has 0 aromatic rings. The van der Waals surface area contributed by atoms with Crippen molar-refractivity contribution in [1.29, 1.82) is 0 Å². The van der Waals surface area contributed by atoms with E-state index in [0.717, 1.165) is 11.8 Å². The van der Waals surface area contributed by atoms with Gasteiger partial charge in [0, 0.05) is 6.42 Å². The molecular weight excluding hydrogens is 138 g/mol. The fourth-order valence-electron chi connectivity index (χ4n) is 2.00. The number of rotatable bonds is 4. The van der Waals surface area contributed by atoms with Gasteiger partial charge in [0.05, 0.1) is 0 Å². The molecule has 2 heteroatoms. The molecular formula is C9H15NO. The molecule has 0 heterocycles. The lowest BCUT2D eigenvalue weighted by Gasteiger charge is -2.11. The van der Waals surface area contributed by atoms with Gasteiger partial charge in [0.2, 0.25) is 5.91 Å². The first-order chi connectivity index (χ1) is 5.27. The number of primary amides is 1. The quantitative estimate of drug-likeness (QED) is 0.650. The number of carbonyl (C=O) groups is 1. The highest BCUT2D eigenvalue weighted by Gasteiger charge is 2.41. The highest BCUT2D eigenvalue weighted by atomic mass is 16.1. The second kappa shape index (κ2) is 2.50. The van der Waals surface area contributed by atoms with Gasteiger partial charge in [-0.15, -0.1) is 0 Å². The molecule has 62 valence electrons. The zero-order chi connectivity index (χ0) is 7.84. The van der Waals surface area contributed by atoms with Gasteiger partial charge in [-0.3, -0.25) is 4.79 Å². The van der Waals surface area contributed by atoms with Gasteiger partial charge in [-0.25, -0.2) is 0 Å². The summed E-state index contributed by atoms with van der Waals surface area (Å²) in [5.41, 5.74) is 5.19. The molecule has 0 radical (unpaired) electrons. The van der Waals surface area contributed by atoms with Crippen LogP contribution in [0.1, 0.15) is 32.1 Å². The van der Waals surface area contributed by atoms with Crippen molar-refractivity contribution in [3.63, 3.8) is 0 Å². The predicted molar refractivity (Wildman–Crippen MR) is 42.7 cm³/mol. The molecule has 0 saturated heterocycles. The Hall–Kier alpha value is -0.530. The van der Waals surface area contributed by atoms with Gasteiger partial charge in [0.25, 0.3) is 0 Å². The van der Waals surface area contributed by atoms with Crippen molar-refractivity contribution in [2.45, 2.75) is 32.1 Å². The average Bonchev–Trinajstić information content (AvgIpc) is 2.79. The molecule has 2 rings (SSSR count). The Kier molecular flexibility index (Phi) is 1.63. The van der Waals surface area contributed by atoms with Crippen molar-refractivity contribution in [2.24, 2.45) is 23.5 Å². The molecule has 0 unspecified atom stereocenters. The lowest BCUT2D eigenvalue weighted by atomic mass is 9.94. The third-order valence-electron chi connectivity index (χ3n) is 2.89. The molecule has 0 bridgehead atoms. The Labute approximate surface area is 67.1 Å². The fourth-order valence-corrected chi connectivity index (χ4v) is 2.00. The lowest BCUT2D eigenvalue weighted by molar-refractivity contribution is -0.119. The molecule has 0 atom stereocenters. The molecule has 2 aliphatic carbocycles. The maximum atomic E-state index is 10.7. The molecule has 2 aliphatic rings. The van der Waals surface area contributed by atoms with Crippen molar-refractivity contribution in [1.82, 2.24) is 0 Å². The molecule has 2 nitrogen and oxygen atoms in total. The van der Waals surface area contributed by atoms with Crippen LogP contribution in [-0.4, -0.2) is 5.91 Å². The minimum Gasteiger partial charge on any atom is -0.370 e. The van der Waals surface area contributed by atoms with Crippen LogP contribution >= 0.6 is 0 Å². The maximum Gasteiger partial charge on any atom is 0.217 e. The minimum atomic E-state index is -0.103.